The molecule has 138 valence electrons. The smallest absolute Gasteiger partial charge is 0.223 e. The van der Waals surface area contributed by atoms with Crippen molar-refractivity contribution < 1.29 is 4.79 Å². The third kappa shape index (κ3) is 4.05. The molecule has 1 aliphatic heterocycles. The van der Waals surface area contributed by atoms with Crippen molar-refractivity contribution in [3.05, 3.63) is 77.6 Å². The van der Waals surface area contributed by atoms with Crippen LogP contribution >= 0.6 is 0 Å². The second-order valence-electron chi connectivity index (χ2n) is 7.00. The molecule has 0 unspecified atom stereocenters. The van der Waals surface area contributed by atoms with E-state index >= 15 is 0 Å². The first-order valence-corrected chi connectivity index (χ1v) is 9.42. The summed E-state index contributed by atoms with van der Waals surface area (Å²) in [5.74, 6) is 1.33. The van der Waals surface area contributed by atoms with Crippen LogP contribution in [0.1, 0.15) is 48.0 Å². The number of rotatable bonds is 5. The Kier molecular flexibility index (Phi) is 5.23. The number of likely N-dealkylation sites (tertiary alicyclic amines) is 1. The molecule has 0 atom stereocenters. The third-order valence-electron chi connectivity index (χ3n) is 5.36. The molecule has 0 saturated carbocycles. The normalized spacial score (nSPS) is 15.2. The molecule has 1 N–H and O–H groups in total. The Labute approximate surface area is 158 Å². The van der Waals surface area contributed by atoms with Crippen molar-refractivity contribution in [2.45, 2.75) is 31.1 Å². The van der Waals surface area contributed by atoms with Crippen LogP contribution < -0.4 is 0 Å². The Balaban J connectivity index is 1.45. The SMILES string of the molecule is O=C(CC(c1ccccc1)c1ccccc1)N1CCC(c2nn[nH]n2)CC1. The van der Waals surface area contributed by atoms with Gasteiger partial charge in [0.2, 0.25) is 5.91 Å². The van der Waals surface area contributed by atoms with Crippen molar-refractivity contribution in [3.63, 3.8) is 0 Å². The van der Waals surface area contributed by atoms with E-state index in [0.717, 1.165) is 31.8 Å². The zero-order valence-corrected chi connectivity index (χ0v) is 15.2. The highest BCUT2D eigenvalue weighted by Gasteiger charge is 2.28. The van der Waals surface area contributed by atoms with E-state index < -0.39 is 0 Å². The van der Waals surface area contributed by atoms with E-state index in [-0.39, 0.29) is 17.7 Å². The number of carbonyl (C=O) groups excluding carboxylic acids is 1. The van der Waals surface area contributed by atoms with Gasteiger partial charge in [0.1, 0.15) is 0 Å². The largest absolute Gasteiger partial charge is 0.343 e. The number of nitrogens with one attached hydrogen (secondary N) is 1. The van der Waals surface area contributed by atoms with Gasteiger partial charge in [-0.15, -0.1) is 10.2 Å². The van der Waals surface area contributed by atoms with E-state index in [4.69, 9.17) is 0 Å². The molecule has 0 radical (unpaired) electrons. The summed E-state index contributed by atoms with van der Waals surface area (Å²) in [6, 6.07) is 20.6. The highest BCUT2D eigenvalue weighted by molar-refractivity contribution is 5.78. The van der Waals surface area contributed by atoms with Gasteiger partial charge >= 0.3 is 0 Å². The molecule has 0 aliphatic carbocycles. The predicted octanol–water partition coefficient (Wildman–Crippen LogP) is 3.13. The van der Waals surface area contributed by atoms with E-state index in [9.17, 15) is 4.79 Å². The lowest BCUT2D eigenvalue weighted by Gasteiger charge is -2.32. The molecule has 1 saturated heterocycles. The second kappa shape index (κ2) is 8.12. The van der Waals surface area contributed by atoms with Gasteiger partial charge in [-0.05, 0) is 24.0 Å². The highest BCUT2D eigenvalue weighted by atomic mass is 16.2. The number of hydrogen-bond donors (Lipinski definition) is 1. The first-order valence-electron chi connectivity index (χ1n) is 9.42. The number of nitrogens with zero attached hydrogens (tertiary/aromatic N) is 4. The van der Waals surface area contributed by atoms with Crippen molar-refractivity contribution in [2.75, 3.05) is 13.1 Å². The summed E-state index contributed by atoms with van der Waals surface area (Å²) >= 11 is 0. The number of amides is 1. The van der Waals surface area contributed by atoms with Crippen LogP contribution in [-0.4, -0.2) is 44.5 Å². The minimum atomic E-state index is 0.0785. The Morgan fingerprint density at radius 1 is 1.00 bits per heavy atom. The van der Waals surface area contributed by atoms with E-state index in [1.54, 1.807) is 0 Å². The summed E-state index contributed by atoms with van der Waals surface area (Å²) in [4.78, 5) is 15.0. The topological polar surface area (TPSA) is 74.8 Å². The number of H-pyrrole nitrogens is 1. The molecule has 1 fully saturated rings. The molecule has 2 heterocycles. The monoisotopic (exact) mass is 361 g/mol. The zero-order chi connectivity index (χ0) is 18.5. The molecular weight excluding hydrogens is 338 g/mol. The molecule has 2 aromatic carbocycles. The molecule has 3 aromatic rings. The van der Waals surface area contributed by atoms with Crippen molar-refractivity contribution >= 4 is 5.91 Å². The van der Waals surface area contributed by atoms with Crippen LogP contribution in [0.4, 0.5) is 0 Å². The van der Waals surface area contributed by atoms with Crippen LogP contribution in [0, 0.1) is 0 Å². The summed E-state index contributed by atoms with van der Waals surface area (Å²) in [6.45, 7) is 1.49. The summed E-state index contributed by atoms with van der Waals surface area (Å²) in [5.41, 5.74) is 2.36. The molecule has 1 aliphatic rings. The van der Waals surface area contributed by atoms with E-state index in [1.807, 2.05) is 41.3 Å². The number of benzene rings is 2. The fraction of sp³-hybridized carbons (Fsp3) is 0.333. The van der Waals surface area contributed by atoms with E-state index in [0.29, 0.717) is 6.42 Å². The van der Waals surface area contributed by atoms with Gasteiger partial charge in [-0.1, -0.05) is 65.9 Å². The molecule has 6 heteroatoms. The summed E-state index contributed by atoms with van der Waals surface area (Å²) in [5, 5.41) is 14.3. The Morgan fingerprint density at radius 2 is 1.59 bits per heavy atom. The Bertz CT molecular complexity index is 803. The number of aromatic nitrogens is 4. The van der Waals surface area contributed by atoms with Crippen molar-refractivity contribution in [3.8, 4) is 0 Å². The molecule has 0 spiro atoms. The maximum Gasteiger partial charge on any atom is 0.223 e. The fourth-order valence-electron chi connectivity index (χ4n) is 3.83. The predicted molar refractivity (Wildman–Crippen MR) is 102 cm³/mol. The quantitative estimate of drug-likeness (QED) is 0.758. The minimum absolute atomic E-state index is 0.0785. The van der Waals surface area contributed by atoms with Gasteiger partial charge < -0.3 is 4.90 Å². The second-order valence-corrected chi connectivity index (χ2v) is 7.00. The highest BCUT2D eigenvalue weighted by Crippen LogP contribution is 2.30. The van der Waals surface area contributed by atoms with Crippen LogP contribution in [0.25, 0.3) is 0 Å². The summed E-state index contributed by atoms with van der Waals surface area (Å²) in [6.07, 6.45) is 2.25. The van der Waals surface area contributed by atoms with Gasteiger partial charge in [0.05, 0.1) is 0 Å². The number of hydrogen-bond acceptors (Lipinski definition) is 4. The molecule has 6 nitrogen and oxygen atoms in total. The Hall–Kier alpha value is -3.02. The zero-order valence-electron chi connectivity index (χ0n) is 15.2. The van der Waals surface area contributed by atoms with Crippen LogP contribution in [0.15, 0.2) is 60.7 Å². The van der Waals surface area contributed by atoms with Gasteiger partial charge in [-0.2, -0.15) is 5.21 Å². The van der Waals surface area contributed by atoms with Crippen molar-refractivity contribution in [2.24, 2.45) is 0 Å². The maximum absolute atomic E-state index is 13.0. The lowest BCUT2D eigenvalue weighted by molar-refractivity contribution is -0.132. The third-order valence-corrected chi connectivity index (χ3v) is 5.36. The van der Waals surface area contributed by atoms with Crippen molar-refractivity contribution in [1.29, 1.82) is 0 Å². The van der Waals surface area contributed by atoms with Gasteiger partial charge in [0.15, 0.2) is 5.82 Å². The van der Waals surface area contributed by atoms with Crippen LogP contribution in [0.5, 0.6) is 0 Å². The number of tetrazole rings is 1. The van der Waals surface area contributed by atoms with Gasteiger partial charge in [0.25, 0.3) is 0 Å². The van der Waals surface area contributed by atoms with Gasteiger partial charge in [-0.25, -0.2) is 0 Å². The molecule has 27 heavy (non-hydrogen) atoms. The first-order chi connectivity index (χ1) is 13.3. The lowest BCUT2D eigenvalue weighted by Crippen LogP contribution is -2.38. The van der Waals surface area contributed by atoms with Crippen LogP contribution in [0.2, 0.25) is 0 Å². The molecule has 1 amide bonds. The number of piperidine rings is 1. The summed E-state index contributed by atoms with van der Waals surface area (Å²) < 4.78 is 0. The average molecular weight is 361 g/mol. The number of aromatic amines is 1. The molecule has 1 aromatic heterocycles. The van der Waals surface area contributed by atoms with Crippen LogP contribution in [-0.2, 0) is 4.79 Å². The van der Waals surface area contributed by atoms with Crippen molar-refractivity contribution in [1.82, 2.24) is 25.5 Å². The van der Waals surface area contributed by atoms with Gasteiger partial charge in [0, 0.05) is 31.3 Å². The average Bonchev–Trinajstić information content (AvgIpc) is 3.28. The van der Waals surface area contributed by atoms with E-state index in [2.05, 4.69) is 44.9 Å². The first kappa shape index (κ1) is 17.4. The van der Waals surface area contributed by atoms with Crippen LogP contribution in [0.3, 0.4) is 0 Å². The number of carbonyl (C=O) groups is 1. The molecule has 0 bridgehead atoms. The summed E-state index contributed by atoms with van der Waals surface area (Å²) in [7, 11) is 0. The fourth-order valence-corrected chi connectivity index (χ4v) is 3.83. The lowest BCUT2D eigenvalue weighted by atomic mass is 9.87. The standard InChI is InChI=1S/C21H23N5O/c27-20(26-13-11-18(12-14-26)21-22-24-25-23-21)15-19(16-7-3-1-4-8-16)17-9-5-2-6-10-17/h1-10,18-19H,11-15H2,(H,22,23,24,25). The molecular formula is C21H23N5O. The minimum Gasteiger partial charge on any atom is -0.343 e. The van der Waals surface area contributed by atoms with Gasteiger partial charge in [-0.3, -0.25) is 4.79 Å². The molecule has 4 rings (SSSR count). The Morgan fingerprint density at radius 3 is 2.11 bits per heavy atom. The van der Waals surface area contributed by atoms with E-state index in [1.165, 1.54) is 11.1 Å². The maximum atomic E-state index is 13.0.